The molecule has 0 saturated carbocycles. The second kappa shape index (κ2) is 5.29. The van der Waals surface area contributed by atoms with Crippen LogP contribution in [0.2, 0.25) is 0 Å². The SMILES string of the molecule is Cc1cc(C(=O)N[C@H](C(=O)O)[C@@H](C)O)c(C)s1. The number of carboxylic acid groups (broad SMARTS) is 1. The summed E-state index contributed by atoms with van der Waals surface area (Å²) >= 11 is 1.47. The van der Waals surface area contributed by atoms with Gasteiger partial charge >= 0.3 is 5.97 Å². The molecule has 1 rings (SSSR count). The fourth-order valence-electron chi connectivity index (χ4n) is 1.46. The number of hydrogen-bond donors (Lipinski definition) is 3. The van der Waals surface area contributed by atoms with Crippen molar-refractivity contribution in [1.82, 2.24) is 5.32 Å². The van der Waals surface area contributed by atoms with Crippen LogP contribution in [0.15, 0.2) is 6.07 Å². The Hall–Kier alpha value is -1.40. The second-order valence-electron chi connectivity index (χ2n) is 3.86. The fourth-order valence-corrected chi connectivity index (χ4v) is 2.39. The van der Waals surface area contributed by atoms with Gasteiger partial charge in [0.1, 0.15) is 0 Å². The number of aliphatic carboxylic acids is 1. The first-order valence-corrected chi connectivity index (χ1v) is 5.93. The Morgan fingerprint density at radius 3 is 2.35 bits per heavy atom. The molecule has 5 nitrogen and oxygen atoms in total. The molecule has 0 aliphatic carbocycles. The number of nitrogens with one attached hydrogen (secondary N) is 1. The topological polar surface area (TPSA) is 86.6 Å². The van der Waals surface area contributed by atoms with Gasteiger partial charge in [-0.1, -0.05) is 0 Å². The van der Waals surface area contributed by atoms with Crippen molar-refractivity contribution in [1.29, 1.82) is 0 Å². The zero-order chi connectivity index (χ0) is 13.2. The summed E-state index contributed by atoms with van der Waals surface area (Å²) in [4.78, 5) is 24.5. The van der Waals surface area contributed by atoms with Crippen molar-refractivity contribution >= 4 is 23.2 Å². The van der Waals surface area contributed by atoms with E-state index in [1.807, 2.05) is 6.92 Å². The van der Waals surface area contributed by atoms with E-state index in [1.54, 1.807) is 13.0 Å². The van der Waals surface area contributed by atoms with Gasteiger partial charge < -0.3 is 15.5 Å². The van der Waals surface area contributed by atoms with Crippen LogP contribution in [-0.2, 0) is 4.79 Å². The average molecular weight is 257 g/mol. The third-order valence-electron chi connectivity index (χ3n) is 2.32. The van der Waals surface area contributed by atoms with Crippen molar-refractivity contribution < 1.29 is 19.8 Å². The van der Waals surface area contributed by atoms with Crippen LogP contribution in [0.3, 0.4) is 0 Å². The number of aliphatic hydroxyl groups is 1. The van der Waals surface area contributed by atoms with E-state index in [0.29, 0.717) is 5.56 Å². The van der Waals surface area contributed by atoms with Gasteiger partial charge in [0.2, 0.25) is 0 Å². The van der Waals surface area contributed by atoms with Crippen molar-refractivity contribution in [2.45, 2.75) is 32.9 Å². The molecule has 1 amide bonds. The third-order valence-corrected chi connectivity index (χ3v) is 3.29. The standard InChI is InChI=1S/C11H15NO4S/c1-5-4-8(7(3)17-5)10(14)12-9(6(2)13)11(15)16/h4,6,9,13H,1-3H3,(H,12,14)(H,15,16)/t6-,9+/m1/s1. The largest absolute Gasteiger partial charge is 0.480 e. The minimum atomic E-state index is -1.29. The summed E-state index contributed by atoms with van der Waals surface area (Å²) in [5.74, 6) is -1.72. The van der Waals surface area contributed by atoms with Crippen LogP contribution in [0.5, 0.6) is 0 Å². The molecule has 0 aliphatic heterocycles. The highest BCUT2D eigenvalue weighted by molar-refractivity contribution is 7.12. The number of thiophene rings is 1. The number of hydrogen-bond acceptors (Lipinski definition) is 4. The molecule has 0 radical (unpaired) electrons. The number of carboxylic acids is 1. The Morgan fingerprint density at radius 1 is 1.41 bits per heavy atom. The molecule has 0 spiro atoms. The molecule has 2 atom stereocenters. The lowest BCUT2D eigenvalue weighted by Gasteiger charge is -2.16. The maximum Gasteiger partial charge on any atom is 0.328 e. The quantitative estimate of drug-likeness (QED) is 0.749. The Kier molecular flexibility index (Phi) is 4.25. The predicted octanol–water partition coefficient (Wildman–Crippen LogP) is 0.929. The van der Waals surface area contributed by atoms with E-state index >= 15 is 0 Å². The van der Waals surface area contributed by atoms with Crippen LogP contribution >= 0.6 is 11.3 Å². The Balaban J connectivity index is 2.85. The van der Waals surface area contributed by atoms with Gasteiger partial charge in [0.15, 0.2) is 6.04 Å². The Labute approximate surface area is 103 Å². The van der Waals surface area contributed by atoms with Gasteiger partial charge in [-0.2, -0.15) is 0 Å². The number of amides is 1. The summed E-state index contributed by atoms with van der Waals surface area (Å²) in [7, 11) is 0. The molecule has 0 fully saturated rings. The lowest BCUT2D eigenvalue weighted by Crippen LogP contribution is -2.47. The zero-order valence-corrected chi connectivity index (χ0v) is 10.7. The van der Waals surface area contributed by atoms with Crippen molar-refractivity contribution in [3.8, 4) is 0 Å². The highest BCUT2D eigenvalue weighted by atomic mass is 32.1. The third kappa shape index (κ3) is 3.28. The van der Waals surface area contributed by atoms with E-state index in [2.05, 4.69) is 5.32 Å². The van der Waals surface area contributed by atoms with Gasteiger partial charge in [-0.3, -0.25) is 4.79 Å². The molecule has 94 valence electrons. The molecule has 1 aromatic rings. The van der Waals surface area contributed by atoms with Crippen molar-refractivity contribution in [2.75, 3.05) is 0 Å². The van der Waals surface area contributed by atoms with Gasteiger partial charge in [-0.25, -0.2) is 4.79 Å². The first-order chi connectivity index (χ1) is 7.82. The summed E-state index contributed by atoms with van der Waals surface area (Å²) in [6.07, 6.45) is -1.14. The van der Waals surface area contributed by atoms with E-state index in [-0.39, 0.29) is 0 Å². The molecule has 1 heterocycles. The minimum Gasteiger partial charge on any atom is -0.480 e. The summed E-state index contributed by atoms with van der Waals surface area (Å²) < 4.78 is 0. The first kappa shape index (κ1) is 13.7. The summed E-state index contributed by atoms with van der Waals surface area (Å²) in [5.41, 5.74) is 0.458. The van der Waals surface area contributed by atoms with E-state index in [9.17, 15) is 14.7 Å². The number of aryl methyl sites for hydroxylation is 2. The molecular weight excluding hydrogens is 242 g/mol. The zero-order valence-electron chi connectivity index (χ0n) is 9.85. The predicted molar refractivity (Wildman–Crippen MR) is 64.4 cm³/mol. The Bertz CT molecular complexity index is 439. The summed E-state index contributed by atoms with van der Waals surface area (Å²) in [5, 5.41) is 20.4. The lowest BCUT2D eigenvalue weighted by atomic mass is 10.1. The average Bonchev–Trinajstić information content (AvgIpc) is 2.53. The maximum absolute atomic E-state index is 11.8. The van der Waals surface area contributed by atoms with Gasteiger partial charge in [0.25, 0.3) is 5.91 Å². The van der Waals surface area contributed by atoms with E-state index in [4.69, 9.17) is 5.11 Å². The van der Waals surface area contributed by atoms with Crippen molar-refractivity contribution in [3.05, 3.63) is 21.4 Å². The fraction of sp³-hybridized carbons (Fsp3) is 0.455. The van der Waals surface area contributed by atoms with Gasteiger partial charge in [-0.05, 0) is 26.8 Å². The van der Waals surface area contributed by atoms with Crippen molar-refractivity contribution in [3.63, 3.8) is 0 Å². The molecule has 17 heavy (non-hydrogen) atoms. The smallest absolute Gasteiger partial charge is 0.328 e. The summed E-state index contributed by atoms with van der Waals surface area (Å²) in [6, 6.07) is 0.415. The highest BCUT2D eigenvalue weighted by Gasteiger charge is 2.26. The molecule has 1 aromatic heterocycles. The Morgan fingerprint density at radius 2 is 2.00 bits per heavy atom. The van der Waals surface area contributed by atoms with Crippen LogP contribution < -0.4 is 5.32 Å². The maximum atomic E-state index is 11.8. The summed E-state index contributed by atoms with van der Waals surface area (Å²) in [6.45, 7) is 4.99. The minimum absolute atomic E-state index is 0.458. The van der Waals surface area contributed by atoms with Crippen LogP contribution in [0.25, 0.3) is 0 Å². The molecular formula is C11H15NO4S. The molecule has 0 aromatic carbocycles. The van der Waals surface area contributed by atoms with E-state index < -0.39 is 24.0 Å². The van der Waals surface area contributed by atoms with E-state index in [0.717, 1.165) is 9.75 Å². The first-order valence-electron chi connectivity index (χ1n) is 5.11. The number of aliphatic hydroxyl groups excluding tert-OH is 1. The van der Waals surface area contributed by atoms with Crippen LogP contribution in [0.4, 0.5) is 0 Å². The van der Waals surface area contributed by atoms with Crippen molar-refractivity contribution in [2.24, 2.45) is 0 Å². The van der Waals surface area contributed by atoms with Crippen LogP contribution in [0, 0.1) is 13.8 Å². The number of carbonyl (C=O) groups excluding carboxylic acids is 1. The van der Waals surface area contributed by atoms with E-state index in [1.165, 1.54) is 18.3 Å². The van der Waals surface area contributed by atoms with Crippen LogP contribution in [0.1, 0.15) is 27.0 Å². The molecule has 3 N–H and O–H groups in total. The monoisotopic (exact) mass is 257 g/mol. The van der Waals surface area contributed by atoms with Crippen LogP contribution in [-0.4, -0.2) is 34.2 Å². The normalized spacial score (nSPS) is 14.1. The number of rotatable bonds is 4. The number of carbonyl (C=O) groups is 2. The molecule has 0 bridgehead atoms. The van der Waals surface area contributed by atoms with Gasteiger partial charge in [0.05, 0.1) is 11.7 Å². The molecule has 6 heteroatoms. The van der Waals surface area contributed by atoms with Gasteiger partial charge in [-0.15, -0.1) is 11.3 Å². The molecule has 0 aliphatic rings. The molecule has 0 unspecified atom stereocenters. The second-order valence-corrected chi connectivity index (χ2v) is 5.32. The highest BCUT2D eigenvalue weighted by Crippen LogP contribution is 2.20. The lowest BCUT2D eigenvalue weighted by molar-refractivity contribution is -0.141. The van der Waals surface area contributed by atoms with Gasteiger partial charge in [0, 0.05) is 9.75 Å². The molecule has 0 saturated heterocycles.